The second-order valence-corrected chi connectivity index (χ2v) is 8.99. The van der Waals surface area contributed by atoms with Crippen molar-refractivity contribution in [3.05, 3.63) is 65.7 Å². The van der Waals surface area contributed by atoms with Crippen molar-refractivity contribution in [1.29, 1.82) is 0 Å². The summed E-state index contributed by atoms with van der Waals surface area (Å²) in [5, 5.41) is 15.4. The van der Waals surface area contributed by atoms with Gasteiger partial charge in [0.15, 0.2) is 0 Å². The van der Waals surface area contributed by atoms with Crippen LogP contribution in [0.3, 0.4) is 0 Å². The third-order valence-electron chi connectivity index (χ3n) is 5.95. The van der Waals surface area contributed by atoms with Crippen LogP contribution in [0.2, 0.25) is 0 Å². The lowest BCUT2D eigenvalue weighted by atomic mass is 10.1. The van der Waals surface area contributed by atoms with Gasteiger partial charge in [-0.05, 0) is 44.7 Å². The van der Waals surface area contributed by atoms with Crippen molar-refractivity contribution in [3.8, 4) is 22.9 Å². The maximum atomic E-state index is 10.6. The van der Waals surface area contributed by atoms with Crippen molar-refractivity contribution in [2.75, 3.05) is 26.3 Å². The quantitative estimate of drug-likeness (QED) is 0.431. The van der Waals surface area contributed by atoms with Crippen molar-refractivity contribution in [1.82, 2.24) is 14.7 Å². The number of nitrogens with zero attached hydrogens (tertiary/aromatic N) is 3. The van der Waals surface area contributed by atoms with Gasteiger partial charge in [-0.1, -0.05) is 48.0 Å². The van der Waals surface area contributed by atoms with Crippen LogP contribution in [0.4, 0.5) is 0 Å². The van der Waals surface area contributed by atoms with Crippen LogP contribution in [0.1, 0.15) is 30.9 Å². The first-order valence-electron chi connectivity index (χ1n) is 11.9. The highest BCUT2D eigenvalue weighted by atomic mass is 16.5. The maximum Gasteiger partial charge on any atom is 0.222 e. The predicted octanol–water partition coefficient (Wildman–Crippen LogP) is 4.80. The molecular formula is C27H35N3O3. The van der Waals surface area contributed by atoms with E-state index in [-0.39, 0.29) is 0 Å². The highest BCUT2D eigenvalue weighted by Gasteiger charge is 2.28. The topological polar surface area (TPSA) is 59.8 Å². The molecule has 6 heteroatoms. The molecule has 2 aromatic carbocycles. The van der Waals surface area contributed by atoms with Crippen LogP contribution in [0, 0.1) is 12.8 Å². The third-order valence-corrected chi connectivity index (χ3v) is 5.95. The van der Waals surface area contributed by atoms with Gasteiger partial charge in [0.2, 0.25) is 5.88 Å². The Balaban J connectivity index is 1.65. The van der Waals surface area contributed by atoms with Crippen LogP contribution < -0.4 is 4.74 Å². The summed E-state index contributed by atoms with van der Waals surface area (Å²) in [7, 11) is 1.93. The number of benzene rings is 2. The fraction of sp³-hybridized carbons (Fsp3) is 0.444. The van der Waals surface area contributed by atoms with Gasteiger partial charge in [-0.3, -0.25) is 4.90 Å². The van der Waals surface area contributed by atoms with Gasteiger partial charge < -0.3 is 14.6 Å². The van der Waals surface area contributed by atoms with Crippen LogP contribution in [0.5, 0.6) is 11.6 Å². The highest BCUT2D eigenvalue weighted by molar-refractivity contribution is 5.65. The van der Waals surface area contributed by atoms with Crippen molar-refractivity contribution in [2.45, 2.75) is 39.3 Å². The summed E-state index contributed by atoms with van der Waals surface area (Å²) in [5.41, 5.74) is 4.20. The zero-order valence-electron chi connectivity index (χ0n) is 19.9. The molecule has 0 bridgehead atoms. The Morgan fingerprint density at radius 3 is 2.52 bits per heavy atom. The molecule has 1 aromatic heterocycles. The van der Waals surface area contributed by atoms with E-state index in [2.05, 4.69) is 24.0 Å². The molecule has 1 aliphatic carbocycles. The van der Waals surface area contributed by atoms with E-state index in [0.29, 0.717) is 32.2 Å². The van der Waals surface area contributed by atoms with Crippen molar-refractivity contribution in [3.63, 3.8) is 0 Å². The van der Waals surface area contributed by atoms with Crippen LogP contribution in [0.25, 0.3) is 11.3 Å². The first kappa shape index (κ1) is 23.5. The largest absolute Gasteiger partial charge is 0.439 e. The summed E-state index contributed by atoms with van der Waals surface area (Å²) in [4.78, 5) is 2.33. The van der Waals surface area contributed by atoms with E-state index in [1.165, 1.54) is 18.4 Å². The van der Waals surface area contributed by atoms with Crippen LogP contribution in [-0.2, 0) is 18.3 Å². The van der Waals surface area contributed by atoms with Gasteiger partial charge in [-0.25, -0.2) is 4.68 Å². The number of aryl methyl sites for hydroxylation is 2. The number of aliphatic hydroxyl groups is 1. The zero-order valence-corrected chi connectivity index (χ0v) is 19.9. The highest BCUT2D eigenvalue weighted by Crippen LogP contribution is 2.36. The summed E-state index contributed by atoms with van der Waals surface area (Å²) in [6.45, 7) is 7.14. The van der Waals surface area contributed by atoms with Crippen LogP contribution in [-0.4, -0.2) is 52.2 Å². The fourth-order valence-electron chi connectivity index (χ4n) is 4.07. The summed E-state index contributed by atoms with van der Waals surface area (Å²) in [5.74, 6) is 2.22. The number of aromatic nitrogens is 2. The number of hydrogen-bond acceptors (Lipinski definition) is 5. The molecule has 0 aliphatic heterocycles. The van der Waals surface area contributed by atoms with Gasteiger partial charge in [0.05, 0.1) is 18.3 Å². The minimum absolute atomic E-state index is 0.350. The molecular weight excluding hydrogens is 414 g/mol. The van der Waals surface area contributed by atoms with Crippen molar-refractivity contribution in [2.24, 2.45) is 13.0 Å². The lowest BCUT2D eigenvalue weighted by Crippen LogP contribution is -2.36. The van der Waals surface area contributed by atoms with Gasteiger partial charge in [0, 0.05) is 38.9 Å². The maximum absolute atomic E-state index is 10.6. The number of rotatable bonds is 12. The molecule has 0 spiro atoms. The SMILES string of the molecule is CCOC[C@@H](O)CN(Cc1c(-c2ccccc2)nn(C)c1Oc1ccc(C)cc1)CC1CC1. The summed E-state index contributed by atoms with van der Waals surface area (Å²) in [6, 6.07) is 18.3. The molecule has 3 aromatic rings. The minimum Gasteiger partial charge on any atom is -0.439 e. The molecule has 1 atom stereocenters. The molecule has 33 heavy (non-hydrogen) atoms. The Hall–Kier alpha value is -2.67. The standard InChI is InChI=1S/C27H35N3O3/c1-4-32-19-23(31)17-30(16-21-12-13-21)18-25-26(22-8-6-5-7-9-22)28-29(3)27(25)33-24-14-10-20(2)11-15-24/h5-11,14-15,21,23,31H,4,12-13,16-19H2,1-3H3/t23-/m0/s1. The molecule has 1 saturated carbocycles. The number of aliphatic hydroxyl groups excluding tert-OH is 1. The first-order valence-corrected chi connectivity index (χ1v) is 11.9. The molecule has 1 N–H and O–H groups in total. The van der Waals surface area contributed by atoms with Crippen LogP contribution >= 0.6 is 0 Å². The Morgan fingerprint density at radius 2 is 1.85 bits per heavy atom. The van der Waals surface area contributed by atoms with E-state index < -0.39 is 6.10 Å². The van der Waals surface area contributed by atoms with E-state index in [1.54, 1.807) is 0 Å². The molecule has 1 aliphatic rings. The normalized spacial score (nSPS) is 14.6. The molecule has 1 fully saturated rings. The lowest BCUT2D eigenvalue weighted by Gasteiger charge is -2.25. The smallest absolute Gasteiger partial charge is 0.222 e. The monoisotopic (exact) mass is 449 g/mol. The van der Waals surface area contributed by atoms with E-state index in [4.69, 9.17) is 14.6 Å². The second-order valence-electron chi connectivity index (χ2n) is 8.99. The van der Waals surface area contributed by atoms with Gasteiger partial charge in [0.1, 0.15) is 11.4 Å². The predicted molar refractivity (Wildman–Crippen MR) is 130 cm³/mol. The van der Waals surface area contributed by atoms with Crippen molar-refractivity contribution >= 4 is 0 Å². The minimum atomic E-state index is -0.526. The van der Waals surface area contributed by atoms with E-state index >= 15 is 0 Å². The summed E-state index contributed by atoms with van der Waals surface area (Å²) < 4.78 is 13.7. The molecule has 0 radical (unpaired) electrons. The van der Waals surface area contributed by atoms with Gasteiger partial charge >= 0.3 is 0 Å². The Morgan fingerprint density at radius 1 is 1.12 bits per heavy atom. The number of hydrogen-bond donors (Lipinski definition) is 1. The van der Waals surface area contributed by atoms with Gasteiger partial charge in [-0.15, -0.1) is 0 Å². The molecule has 6 nitrogen and oxygen atoms in total. The average molecular weight is 450 g/mol. The van der Waals surface area contributed by atoms with Crippen LogP contribution in [0.15, 0.2) is 54.6 Å². The van der Waals surface area contributed by atoms with Gasteiger partial charge in [0.25, 0.3) is 0 Å². The van der Waals surface area contributed by atoms with Gasteiger partial charge in [-0.2, -0.15) is 5.10 Å². The molecule has 176 valence electrons. The average Bonchev–Trinajstić information content (AvgIpc) is 3.58. The fourth-order valence-corrected chi connectivity index (χ4v) is 4.07. The Bertz CT molecular complexity index is 1010. The lowest BCUT2D eigenvalue weighted by molar-refractivity contribution is 0.0186. The molecule has 0 saturated heterocycles. The van der Waals surface area contributed by atoms with E-state index in [1.807, 2.05) is 61.1 Å². The summed E-state index contributed by atoms with van der Waals surface area (Å²) in [6.07, 6.45) is 1.98. The van der Waals surface area contributed by atoms with E-state index in [0.717, 1.165) is 35.0 Å². The summed E-state index contributed by atoms with van der Waals surface area (Å²) >= 11 is 0. The molecule has 1 heterocycles. The second kappa shape index (κ2) is 11.0. The Labute approximate surface area is 196 Å². The molecule has 4 rings (SSSR count). The molecule has 0 unspecified atom stereocenters. The Kier molecular flexibility index (Phi) is 7.81. The van der Waals surface area contributed by atoms with E-state index in [9.17, 15) is 5.11 Å². The number of ether oxygens (including phenoxy) is 2. The first-order chi connectivity index (χ1) is 16.0. The van der Waals surface area contributed by atoms with Crippen molar-refractivity contribution < 1.29 is 14.6 Å². The third kappa shape index (κ3) is 6.44. The molecule has 0 amide bonds. The zero-order chi connectivity index (χ0) is 23.2.